The third kappa shape index (κ3) is 4.98. The number of benzene rings is 2. The molecular weight excluding hydrogens is 430 g/mol. The molecule has 2 atom stereocenters. The average Bonchev–Trinajstić information content (AvgIpc) is 2.83. The van der Waals surface area contributed by atoms with Gasteiger partial charge in [-0.2, -0.15) is 0 Å². The van der Waals surface area contributed by atoms with Crippen molar-refractivity contribution in [3.8, 4) is 11.4 Å². The molecule has 0 bridgehead atoms. The van der Waals surface area contributed by atoms with Crippen LogP contribution in [0.1, 0.15) is 37.0 Å². The van der Waals surface area contributed by atoms with E-state index in [1.165, 1.54) is 4.57 Å². The second-order valence-corrected chi connectivity index (χ2v) is 9.22. The van der Waals surface area contributed by atoms with Crippen LogP contribution in [0.25, 0.3) is 16.5 Å². The van der Waals surface area contributed by atoms with Gasteiger partial charge in [0.15, 0.2) is 0 Å². The maximum atomic E-state index is 13.2. The number of nitrogens with zero attached hydrogens (tertiary/aromatic N) is 2. The second kappa shape index (κ2) is 10.1. The molecule has 1 aromatic heterocycles. The third-order valence-corrected chi connectivity index (χ3v) is 6.35. The summed E-state index contributed by atoms with van der Waals surface area (Å²) in [6, 6.07) is 14.2. The minimum atomic E-state index is -0.318. The fourth-order valence-electron chi connectivity index (χ4n) is 4.83. The third-order valence-electron chi connectivity index (χ3n) is 6.35. The average molecular weight is 462 g/mol. The molecule has 34 heavy (non-hydrogen) atoms. The summed E-state index contributed by atoms with van der Waals surface area (Å²) < 4.78 is 6.75. The largest absolute Gasteiger partial charge is 0.497 e. The standard InChI is InChI=1S/C27H31N3O4/c1-18-13-19(2)16-29(15-18)25(31)11-12-28-26(32)24-17-30(20-7-6-8-21(14-20)34-3)27(33)23-10-5-4-9-22(23)24/h4-10,14,17-19H,11-13,15-16H2,1-3H3,(H,28,32). The molecule has 7 nitrogen and oxygen atoms in total. The highest BCUT2D eigenvalue weighted by molar-refractivity contribution is 6.06. The molecule has 3 aromatic rings. The summed E-state index contributed by atoms with van der Waals surface area (Å²) >= 11 is 0. The normalized spacial score (nSPS) is 18.0. The molecule has 7 heteroatoms. The van der Waals surface area contributed by atoms with Gasteiger partial charge in [-0.25, -0.2) is 0 Å². The molecule has 2 heterocycles. The molecule has 1 saturated heterocycles. The smallest absolute Gasteiger partial charge is 0.262 e. The van der Waals surface area contributed by atoms with E-state index in [9.17, 15) is 14.4 Å². The van der Waals surface area contributed by atoms with Gasteiger partial charge in [-0.1, -0.05) is 38.1 Å². The van der Waals surface area contributed by atoms with Crippen molar-refractivity contribution in [2.45, 2.75) is 26.7 Å². The summed E-state index contributed by atoms with van der Waals surface area (Å²) in [6.07, 6.45) is 2.94. The minimum absolute atomic E-state index is 0.0601. The van der Waals surface area contributed by atoms with Crippen molar-refractivity contribution < 1.29 is 14.3 Å². The number of methoxy groups -OCH3 is 1. The van der Waals surface area contributed by atoms with Crippen LogP contribution in [0.2, 0.25) is 0 Å². The van der Waals surface area contributed by atoms with Crippen LogP contribution in [0, 0.1) is 11.8 Å². The number of likely N-dealkylation sites (tertiary alicyclic amines) is 1. The van der Waals surface area contributed by atoms with E-state index in [1.54, 1.807) is 61.8 Å². The van der Waals surface area contributed by atoms with Crippen molar-refractivity contribution in [3.05, 3.63) is 70.6 Å². The van der Waals surface area contributed by atoms with E-state index >= 15 is 0 Å². The van der Waals surface area contributed by atoms with Crippen LogP contribution in [0.3, 0.4) is 0 Å². The zero-order valence-corrected chi connectivity index (χ0v) is 19.9. The predicted molar refractivity (Wildman–Crippen MR) is 133 cm³/mol. The van der Waals surface area contributed by atoms with Crippen LogP contribution in [0.15, 0.2) is 59.5 Å². The van der Waals surface area contributed by atoms with E-state index in [-0.39, 0.29) is 30.3 Å². The van der Waals surface area contributed by atoms with Crippen LogP contribution in [-0.2, 0) is 4.79 Å². The molecule has 2 unspecified atom stereocenters. The SMILES string of the molecule is COc1cccc(-n2cc(C(=O)NCCC(=O)N3CC(C)CC(C)C3)c3ccccc3c2=O)c1. The van der Waals surface area contributed by atoms with Gasteiger partial charge in [0.2, 0.25) is 5.91 Å². The number of carbonyl (C=O) groups excluding carboxylic acids is 2. The first-order chi connectivity index (χ1) is 16.4. The van der Waals surface area contributed by atoms with E-state index in [2.05, 4.69) is 19.2 Å². The highest BCUT2D eigenvalue weighted by atomic mass is 16.5. The Labute approximate surface area is 199 Å². The van der Waals surface area contributed by atoms with Gasteiger partial charge in [-0.05, 0) is 36.5 Å². The Bertz CT molecular complexity index is 1260. The van der Waals surface area contributed by atoms with E-state index in [4.69, 9.17) is 4.74 Å². The molecule has 1 aliphatic heterocycles. The first-order valence-electron chi connectivity index (χ1n) is 11.7. The van der Waals surface area contributed by atoms with Gasteiger partial charge >= 0.3 is 0 Å². The van der Waals surface area contributed by atoms with Crippen LogP contribution < -0.4 is 15.6 Å². The Kier molecular flexibility index (Phi) is 7.01. The number of fused-ring (bicyclic) bond motifs is 1. The predicted octanol–water partition coefficient (Wildman–Crippen LogP) is 3.62. The highest BCUT2D eigenvalue weighted by Gasteiger charge is 2.25. The van der Waals surface area contributed by atoms with Crippen molar-refractivity contribution in [2.24, 2.45) is 11.8 Å². The number of ether oxygens (including phenoxy) is 1. The lowest BCUT2D eigenvalue weighted by molar-refractivity contribution is -0.133. The lowest BCUT2D eigenvalue weighted by atomic mass is 9.92. The molecule has 2 amide bonds. The zero-order valence-electron chi connectivity index (χ0n) is 19.9. The van der Waals surface area contributed by atoms with Crippen molar-refractivity contribution in [2.75, 3.05) is 26.7 Å². The van der Waals surface area contributed by atoms with E-state index in [0.717, 1.165) is 19.5 Å². The molecular formula is C27H31N3O4. The highest BCUT2D eigenvalue weighted by Crippen LogP contribution is 2.22. The van der Waals surface area contributed by atoms with Gasteiger partial charge in [-0.15, -0.1) is 0 Å². The van der Waals surface area contributed by atoms with Crippen LogP contribution in [0.4, 0.5) is 0 Å². The summed E-state index contributed by atoms with van der Waals surface area (Å²) in [4.78, 5) is 40.9. The Morgan fingerprint density at radius 3 is 2.44 bits per heavy atom. The molecule has 0 saturated carbocycles. The summed E-state index contributed by atoms with van der Waals surface area (Å²) in [5, 5.41) is 3.91. The number of piperidine rings is 1. The van der Waals surface area contributed by atoms with Crippen molar-refractivity contribution in [1.82, 2.24) is 14.8 Å². The van der Waals surface area contributed by atoms with Gasteiger partial charge in [0, 0.05) is 49.1 Å². The van der Waals surface area contributed by atoms with Crippen molar-refractivity contribution in [1.29, 1.82) is 0 Å². The number of rotatable bonds is 6. The second-order valence-electron chi connectivity index (χ2n) is 9.22. The molecule has 0 radical (unpaired) electrons. The fraction of sp³-hybridized carbons (Fsp3) is 0.370. The number of aromatic nitrogens is 1. The fourth-order valence-corrected chi connectivity index (χ4v) is 4.83. The number of amides is 2. The quantitative estimate of drug-likeness (QED) is 0.608. The summed E-state index contributed by atoms with van der Waals surface area (Å²) in [5.74, 6) is 1.34. The van der Waals surface area contributed by atoms with Gasteiger partial charge in [-0.3, -0.25) is 19.0 Å². The Hall–Kier alpha value is -3.61. The van der Waals surface area contributed by atoms with Crippen molar-refractivity contribution in [3.63, 3.8) is 0 Å². The number of hydrogen-bond donors (Lipinski definition) is 1. The maximum absolute atomic E-state index is 13.2. The Morgan fingerprint density at radius 1 is 1.03 bits per heavy atom. The molecule has 4 rings (SSSR count). The summed E-state index contributed by atoms with van der Waals surface area (Å²) in [5.41, 5.74) is 0.766. The molecule has 0 spiro atoms. The molecule has 178 valence electrons. The number of nitrogens with one attached hydrogen (secondary N) is 1. The molecule has 1 fully saturated rings. The first kappa shape index (κ1) is 23.5. The molecule has 0 aliphatic carbocycles. The van der Waals surface area contributed by atoms with Gasteiger partial charge in [0.1, 0.15) is 5.75 Å². The summed E-state index contributed by atoms with van der Waals surface area (Å²) in [7, 11) is 1.56. The Morgan fingerprint density at radius 2 is 1.74 bits per heavy atom. The van der Waals surface area contributed by atoms with E-state index < -0.39 is 0 Å². The van der Waals surface area contributed by atoms with Gasteiger partial charge in [0.05, 0.1) is 18.4 Å². The van der Waals surface area contributed by atoms with Gasteiger partial charge in [0.25, 0.3) is 11.5 Å². The number of pyridine rings is 1. The van der Waals surface area contributed by atoms with Crippen LogP contribution >= 0.6 is 0 Å². The first-order valence-corrected chi connectivity index (χ1v) is 11.7. The maximum Gasteiger partial charge on any atom is 0.262 e. The summed E-state index contributed by atoms with van der Waals surface area (Å²) in [6.45, 7) is 6.12. The molecule has 2 aromatic carbocycles. The molecule has 1 N–H and O–H groups in total. The van der Waals surface area contributed by atoms with Crippen molar-refractivity contribution >= 4 is 22.6 Å². The lowest BCUT2D eigenvalue weighted by Crippen LogP contribution is -2.43. The lowest BCUT2D eigenvalue weighted by Gasteiger charge is -2.35. The minimum Gasteiger partial charge on any atom is -0.497 e. The topological polar surface area (TPSA) is 80.6 Å². The Balaban J connectivity index is 1.56. The number of hydrogen-bond acceptors (Lipinski definition) is 4. The van der Waals surface area contributed by atoms with Gasteiger partial charge < -0.3 is 15.0 Å². The van der Waals surface area contributed by atoms with Crippen LogP contribution in [0.5, 0.6) is 5.75 Å². The van der Waals surface area contributed by atoms with E-state index in [1.807, 2.05) is 4.90 Å². The van der Waals surface area contributed by atoms with Crippen LogP contribution in [-0.4, -0.2) is 48.0 Å². The number of carbonyl (C=O) groups is 2. The monoisotopic (exact) mass is 461 g/mol. The zero-order chi connectivity index (χ0) is 24.2. The van der Waals surface area contributed by atoms with E-state index in [0.29, 0.717) is 39.6 Å². The molecule has 1 aliphatic rings.